The minimum absolute atomic E-state index is 0.0320. The van der Waals surface area contributed by atoms with Crippen molar-refractivity contribution in [3.05, 3.63) is 46.6 Å². The second-order valence-electron chi connectivity index (χ2n) is 11.7. The maximum absolute atomic E-state index is 14.3. The van der Waals surface area contributed by atoms with Crippen molar-refractivity contribution in [1.29, 1.82) is 0 Å². The van der Waals surface area contributed by atoms with Gasteiger partial charge in [0.15, 0.2) is 0 Å². The molecule has 2 N–H and O–H groups in total. The summed E-state index contributed by atoms with van der Waals surface area (Å²) in [6, 6.07) is 4.66. The summed E-state index contributed by atoms with van der Waals surface area (Å²) < 4.78 is 20.2. The second-order valence-corrected chi connectivity index (χ2v) is 11.7. The van der Waals surface area contributed by atoms with Gasteiger partial charge >= 0.3 is 5.97 Å². The van der Waals surface area contributed by atoms with E-state index < -0.39 is 17.7 Å². The molecule has 6 nitrogen and oxygen atoms in total. The Morgan fingerprint density at radius 2 is 1.97 bits per heavy atom. The summed E-state index contributed by atoms with van der Waals surface area (Å²) in [4.78, 5) is 24.3. The average Bonchev–Trinajstić information content (AvgIpc) is 3.54. The molecule has 0 spiro atoms. The number of carbonyl (C=O) groups excluding carboxylic acids is 1. The van der Waals surface area contributed by atoms with Gasteiger partial charge in [-0.15, -0.1) is 0 Å². The SMILES string of the molecule is CCC(C)(C)C[C@H]1C[C@@H](c2onc([C@@H](CCC(=O)O)CC(=O)Nc3ccc(C)cc3F)c2C2CC2)C1. The van der Waals surface area contributed by atoms with Crippen LogP contribution in [0.3, 0.4) is 0 Å². The number of hydrogen-bond acceptors (Lipinski definition) is 4. The predicted molar refractivity (Wildman–Crippen MR) is 137 cm³/mol. The van der Waals surface area contributed by atoms with Gasteiger partial charge in [0.25, 0.3) is 0 Å². The summed E-state index contributed by atoms with van der Waals surface area (Å²) in [6.45, 7) is 8.67. The van der Waals surface area contributed by atoms with Crippen molar-refractivity contribution in [1.82, 2.24) is 5.16 Å². The third kappa shape index (κ3) is 6.34. The van der Waals surface area contributed by atoms with Crippen LogP contribution in [0.5, 0.6) is 0 Å². The number of benzene rings is 1. The van der Waals surface area contributed by atoms with Gasteiger partial charge in [-0.3, -0.25) is 9.59 Å². The van der Waals surface area contributed by atoms with Gasteiger partial charge in [0.2, 0.25) is 5.91 Å². The van der Waals surface area contributed by atoms with E-state index >= 15 is 0 Å². The molecule has 196 valence electrons. The van der Waals surface area contributed by atoms with E-state index in [0.717, 1.165) is 54.7 Å². The van der Waals surface area contributed by atoms with Gasteiger partial charge in [0, 0.05) is 30.2 Å². The van der Waals surface area contributed by atoms with Crippen molar-refractivity contribution in [2.45, 2.75) is 103 Å². The molecule has 2 aliphatic rings. The molecule has 1 heterocycles. The normalized spacial score (nSPS) is 20.6. The number of halogens is 1. The molecule has 0 radical (unpaired) electrons. The summed E-state index contributed by atoms with van der Waals surface area (Å²) in [5, 5.41) is 16.4. The third-order valence-corrected chi connectivity index (χ3v) is 8.10. The highest BCUT2D eigenvalue weighted by Gasteiger charge is 2.42. The van der Waals surface area contributed by atoms with E-state index in [0.29, 0.717) is 23.2 Å². The van der Waals surface area contributed by atoms with Gasteiger partial charge in [-0.25, -0.2) is 4.39 Å². The molecule has 1 atom stereocenters. The van der Waals surface area contributed by atoms with Crippen LogP contribution in [0.15, 0.2) is 22.7 Å². The maximum atomic E-state index is 14.3. The molecule has 0 bridgehead atoms. The third-order valence-electron chi connectivity index (χ3n) is 8.10. The van der Waals surface area contributed by atoms with E-state index in [9.17, 15) is 19.1 Å². The van der Waals surface area contributed by atoms with Gasteiger partial charge in [-0.2, -0.15) is 0 Å². The lowest BCUT2D eigenvalue weighted by Gasteiger charge is -2.39. The Kier molecular flexibility index (Phi) is 7.86. The van der Waals surface area contributed by atoms with Crippen LogP contribution in [0, 0.1) is 24.1 Å². The van der Waals surface area contributed by atoms with E-state index in [-0.39, 0.29) is 30.9 Å². The first-order chi connectivity index (χ1) is 17.1. The average molecular weight is 499 g/mol. The fourth-order valence-corrected chi connectivity index (χ4v) is 5.52. The molecule has 0 saturated heterocycles. The number of rotatable bonds is 12. The quantitative estimate of drug-likeness (QED) is 0.320. The number of aliphatic carboxylic acids is 1. The second kappa shape index (κ2) is 10.7. The van der Waals surface area contributed by atoms with E-state index in [1.165, 1.54) is 12.5 Å². The highest BCUT2D eigenvalue weighted by atomic mass is 19.1. The van der Waals surface area contributed by atoms with E-state index in [2.05, 4.69) is 31.2 Å². The zero-order valence-electron chi connectivity index (χ0n) is 21.9. The van der Waals surface area contributed by atoms with Crippen molar-refractivity contribution >= 4 is 17.6 Å². The topological polar surface area (TPSA) is 92.4 Å². The van der Waals surface area contributed by atoms with Crippen LogP contribution in [-0.2, 0) is 9.59 Å². The van der Waals surface area contributed by atoms with E-state index in [1.807, 2.05) is 0 Å². The van der Waals surface area contributed by atoms with Crippen molar-refractivity contribution in [3.8, 4) is 0 Å². The Hall–Kier alpha value is -2.70. The van der Waals surface area contributed by atoms with E-state index in [1.54, 1.807) is 19.1 Å². The lowest BCUT2D eigenvalue weighted by Crippen LogP contribution is -2.27. The van der Waals surface area contributed by atoms with Crippen LogP contribution in [0.2, 0.25) is 0 Å². The number of aromatic nitrogens is 1. The Labute approximate surface area is 213 Å². The predicted octanol–water partition coefficient (Wildman–Crippen LogP) is 7.30. The number of nitrogens with one attached hydrogen (secondary N) is 1. The van der Waals surface area contributed by atoms with Crippen LogP contribution in [-0.4, -0.2) is 22.1 Å². The Balaban J connectivity index is 1.50. The standard InChI is InChI=1S/C29H39FN2O4/c1-5-29(3,4)16-18-13-21(14-18)28-26(19-7-8-19)27(32-36-28)20(9-11-25(34)35)15-24(33)31-23-10-6-17(2)12-22(23)30/h6,10,12,18-21H,5,7-9,11,13-16H2,1-4H3,(H,31,33)(H,34,35)/t18-,20-,21+/m0/s1. The van der Waals surface area contributed by atoms with Crippen molar-refractivity contribution in [2.24, 2.45) is 11.3 Å². The molecule has 7 heteroatoms. The Bertz CT molecular complexity index is 1100. The summed E-state index contributed by atoms with van der Waals surface area (Å²) >= 11 is 0. The highest BCUT2D eigenvalue weighted by Crippen LogP contribution is 2.53. The zero-order valence-corrected chi connectivity index (χ0v) is 21.9. The molecule has 0 unspecified atom stereocenters. The lowest BCUT2D eigenvalue weighted by atomic mass is 9.66. The zero-order chi connectivity index (χ0) is 26.0. The monoisotopic (exact) mass is 498 g/mol. The van der Waals surface area contributed by atoms with Gasteiger partial charge < -0.3 is 14.9 Å². The van der Waals surface area contributed by atoms with Crippen LogP contribution in [0.1, 0.15) is 119 Å². The summed E-state index contributed by atoms with van der Waals surface area (Å²) in [6.07, 6.45) is 6.91. The molecule has 1 amide bonds. The summed E-state index contributed by atoms with van der Waals surface area (Å²) in [7, 11) is 0. The molecule has 4 rings (SSSR count). The number of anilines is 1. The number of hydrogen-bond donors (Lipinski definition) is 2. The molecule has 36 heavy (non-hydrogen) atoms. The van der Waals surface area contributed by atoms with Gasteiger partial charge in [0.05, 0.1) is 11.4 Å². The van der Waals surface area contributed by atoms with Crippen molar-refractivity contribution in [2.75, 3.05) is 5.32 Å². The van der Waals surface area contributed by atoms with Gasteiger partial charge in [-0.1, -0.05) is 38.4 Å². The van der Waals surface area contributed by atoms with Crippen molar-refractivity contribution < 1.29 is 23.6 Å². The van der Waals surface area contributed by atoms with E-state index in [4.69, 9.17) is 4.52 Å². The Morgan fingerprint density at radius 1 is 1.25 bits per heavy atom. The lowest BCUT2D eigenvalue weighted by molar-refractivity contribution is -0.137. The summed E-state index contributed by atoms with van der Waals surface area (Å²) in [5.41, 5.74) is 3.07. The minimum Gasteiger partial charge on any atom is -0.481 e. The first kappa shape index (κ1) is 26.4. The fourth-order valence-electron chi connectivity index (χ4n) is 5.52. The largest absolute Gasteiger partial charge is 0.481 e. The molecular weight excluding hydrogens is 459 g/mol. The van der Waals surface area contributed by atoms with Crippen LogP contribution in [0.4, 0.5) is 10.1 Å². The molecule has 1 aromatic carbocycles. The number of carboxylic acid groups (broad SMARTS) is 1. The molecule has 1 aromatic heterocycles. The number of aryl methyl sites for hydroxylation is 1. The molecule has 2 fully saturated rings. The van der Waals surface area contributed by atoms with Gasteiger partial charge in [-0.05, 0) is 80.4 Å². The van der Waals surface area contributed by atoms with Gasteiger partial charge in [0.1, 0.15) is 11.6 Å². The number of amides is 1. The molecule has 2 aromatic rings. The Morgan fingerprint density at radius 3 is 2.58 bits per heavy atom. The van der Waals surface area contributed by atoms with Crippen LogP contribution >= 0.6 is 0 Å². The first-order valence-corrected chi connectivity index (χ1v) is 13.3. The summed E-state index contributed by atoms with van der Waals surface area (Å²) in [5.74, 6) is 0.197. The number of carboxylic acids is 1. The molecule has 0 aliphatic heterocycles. The minimum atomic E-state index is -0.915. The van der Waals surface area contributed by atoms with Crippen LogP contribution in [0.25, 0.3) is 0 Å². The molecular formula is C29H39FN2O4. The smallest absolute Gasteiger partial charge is 0.303 e. The molecule has 2 saturated carbocycles. The van der Waals surface area contributed by atoms with Crippen LogP contribution < -0.4 is 5.32 Å². The highest BCUT2D eigenvalue weighted by molar-refractivity contribution is 5.91. The molecule has 2 aliphatic carbocycles. The first-order valence-electron chi connectivity index (χ1n) is 13.3. The van der Waals surface area contributed by atoms with Crippen molar-refractivity contribution in [3.63, 3.8) is 0 Å². The fraction of sp³-hybridized carbons (Fsp3) is 0.621. The maximum Gasteiger partial charge on any atom is 0.303 e. The number of carbonyl (C=O) groups is 2. The number of nitrogens with zero attached hydrogens (tertiary/aromatic N) is 1.